The molecule has 3 heterocycles. The molecule has 6 nitrogen and oxygen atoms in total. The van der Waals surface area contributed by atoms with Crippen LogP contribution in [0.3, 0.4) is 0 Å². The van der Waals surface area contributed by atoms with E-state index < -0.39 is 0 Å². The first kappa shape index (κ1) is 21.5. The minimum Gasteiger partial charge on any atom is -0.338 e. The summed E-state index contributed by atoms with van der Waals surface area (Å²) in [6.45, 7) is 10.0. The van der Waals surface area contributed by atoms with Gasteiger partial charge in [-0.3, -0.25) is 4.79 Å². The van der Waals surface area contributed by atoms with Crippen LogP contribution in [0.25, 0.3) is 22.3 Å². The molecule has 6 heteroatoms. The van der Waals surface area contributed by atoms with E-state index >= 15 is 0 Å². The van der Waals surface area contributed by atoms with Gasteiger partial charge in [-0.2, -0.15) is 5.10 Å². The lowest BCUT2D eigenvalue weighted by Crippen LogP contribution is -2.42. The molecule has 0 saturated carbocycles. The van der Waals surface area contributed by atoms with Crippen molar-refractivity contribution < 1.29 is 4.79 Å². The van der Waals surface area contributed by atoms with Gasteiger partial charge in [-0.15, -0.1) is 0 Å². The monoisotopic (exact) mass is 419 g/mol. The third-order valence-corrected chi connectivity index (χ3v) is 6.00. The smallest absolute Gasteiger partial charge is 0.254 e. The Bertz CT molecular complexity index is 1070. The van der Waals surface area contributed by atoms with Crippen LogP contribution >= 0.6 is 0 Å². The summed E-state index contributed by atoms with van der Waals surface area (Å²) in [5.74, 6) is 0.0821. The highest BCUT2D eigenvalue weighted by atomic mass is 16.2. The van der Waals surface area contributed by atoms with Gasteiger partial charge >= 0.3 is 0 Å². The molecule has 0 atom stereocenters. The molecule has 0 unspecified atom stereocenters. The van der Waals surface area contributed by atoms with Crippen LogP contribution in [-0.2, 0) is 6.54 Å². The second kappa shape index (κ2) is 9.18. The van der Waals surface area contributed by atoms with Gasteiger partial charge in [0.2, 0.25) is 0 Å². The summed E-state index contributed by atoms with van der Waals surface area (Å²) in [7, 11) is 2.16. The summed E-state index contributed by atoms with van der Waals surface area (Å²) in [6.07, 6.45) is 5.27. The number of pyridine rings is 1. The van der Waals surface area contributed by atoms with Crippen molar-refractivity contribution in [1.29, 1.82) is 0 Å². The Morgan fingerprint density at radius 3 is 2.71 bits per heavy atom. The number of fused-ring (bicyclic) bond motifs is 1. The molecule has 1 amide bonds. The number of rotatable bonds is 8. The normalized spacial score (nSPS) is 13.9. The summed E-state index contributed by atoms with van der Waals surface area (Å²) in [5.41, 5.74) is 4.61. The molecule has 4 rings (SSSR count). The van der Waals surface area contributed by atoms with Crippen molar-refractivity contribution in [2.45, 2.75) is 52.6 Å². The quantitative estimate of drug-likeness (QED) is 0.528. The zero-order chi connectivity index (χ0) is 22.0. The van der Waals surface area contributed by atoms with Crippen molar-refractivity contribution in [3.8, 4) is 11.3 Å². The Morgan fingerprint density at radius 2 is 2.03 bits per heavy atom. The number of benzene rings is 1. The molecule has 1 aliphatic rings. The van der Waals surface area contributed by atoms with Crippen LogP contribution in [0.15, 0.2) is 36.5 Å². The molecule has 2 aromatic heterocycles. The lowest BCUT2D eigenvalue weighted by Gasteiger charge is -2.31. The number of carbonyl (C=O) groups excluding carboxylic acids is 1. The maximum atomic E-state index is 13.2. The zero-order valence-electron chi connectivity index (χ0n) is 19.1. The summed E-state index contributed by atoms with van der Waals surface area (Å²) < 4.78 is 1.91. The molecule has 0 radical (unpaired) electrons. The Morgan fingerprint density at radius 1 is 1.23 bits per heavy atom. The second-order valence-corrected chi connectivity index (χ2v) is 8.91. The van der Waals surface area contributed by atoms with Crippen molar-refractivity contribution in [3.63, 3.8) is 0 Å². The third-order valence-electron chi connectivity index (χ3n) is 6.00. The standard InChI is InChI=1S/C25H33N5O/c1-5-6-11-28(4)17-19-9-7-10-20(14-19)23-15-21(25(31)29-12-8-13-29)22-16-26-30(18(2)3)24(22)27-23/h7,9-10,14-16,18H,5-6,8,11-13,17H2,1-4H3. The lowest BCUT2D eigenvalue weighted by atomic mass is 10.0. The van der Waals surface area contributed by atoms with Crippen LogP contribution in [0, 0.1) is 0 Å². The minimum absolute atomic E-state index is 0.0821. The maximum Gasteiger partial charge on any atom is 0.254 e. The van der Waals surface area contributed by atoms with Gasteiger partial charge in [0.1, 0.15) is 0 Å². The van der Waals surface area contributed by atoms with Crippen molar-refractivity contribution in [2.24, 2.45) is 0 Å². The van der Waals surface area contributed by atoms with Crippen LogP contribution in [0.2, 0.25) is 0 Å². The molecular weight excluding hydrogens is 386 g/mol. The average molecular weight is 420 g/mol. The second-order valence-electron chi connectivity index (χ2n) is 8.91. The highest BCUT2D eigenvalue weighted by Gasteiger charge is 2.26. The van der Waals surface area contributed by atoms with E-state index in [0.29, 0.717) is 5.56 Å². The van der Waals surface area contributed by atoms with Crippen molar-refractivity contribution in [3.05, 3.63) is 47.7 Å². The van der Waals surface area contributed by atoms with E-state index in [1.54, 1.807) is 6.20 Å². The van der Waals surface area contributed by atoms with E-state index in [1.807, 2.05) is 15.6 Å². The number of hydrogen-bond donors (Lipinski definition) is 0. The molecule has 1 aliphatic heterocycles. The summed E-state index contributed by atoms with van der Waals surface area (Å²) >= 11 is 0. The average Bonchev–Trinajstić information content (AvgIpc) is 3.14. The fraction of sp³-hybridized carbons (Fsp3) is 0.480. The first-order chi connectivity index (χ1) is 15.0. The molecule has 1 fully saturated rings. The number of aromatic nitrogens is 3. The van der Waals surface area contributed by atoms with Crippen molar-refractivity contribution in [1.82, 2.24) is 24.6 Å². The molecule has 1 saturated heterocycles. The van der Waals surface area contributed by atoms with Gasteiger partial charge in [-0.1, -0.05) is 31.5 Å². The van der Waals surface area contributed by atoms with Gasteiger partial charge in [-0.25, -0.2) is 9.67 Å². The summed E-state index contributed by atoms with van der Waals surface area (Å²) in [5, 5.41) is 5.38. The molecular formula is C25H33N5O. The molecule has 0 spiro atoms. The molecule has 164 valence electrons. The highest BCUT2D eigenvalue weighted by molar-refractivity contribution is 6.06. The molecule has 3 aromatic rings. The number of unbranched alkanes of at least 4 members (excludes halogenated alkanes) is 1. The first-order valence-corrected chi connectivity index (χ1v) is 11.4. The van der Waals surface area contributed by atoms with Crippen LogP contribution in [0.4, 0.5) is 0 Å². The minimum atomic E-state index is 0.0821. The number of nitrogens with zero attached hydrogens (tertiary/aromatic N) is 5. The number of hydrogen-bond acceptors (Lipinski definition) is 4. The number of carbonyl (C=O) groups is 1. The Hall–Kier alpha value is -2.73. The predicted octanol–water partition coefficient (Wildman–Crippen LogP) is 4.76. The van der Waals surface area contributed by atoms with E-state index in [9.17, 15) is 4.79 Å². The lowest BCUT2D eigenvalue weighted by molar-refractivity contribution is 0.0654. The number of likely N-dealkylation sites (tertiary alicyclic amines) is 1. The molecule has 0 aliphatic carbocycles. The van der Waals surface area contributed by atoms with Gasteiger partial charge in [0.25, 0.3) is 5.91 Å². The third kappa shape index (κ3) is 4.49. The summed E-state index contributed by atoms with van der Waals surface area (Å²) in [6, 6.07) is 10.7. The fourth-order valence-electron chi connectivity index (χ4n) is 4.06. The van der Waals surface area contributed by atoms with Gasteiger partial charge < -0.3 is 9.80 Å². The van der Waals surface area contributed by atoms with Crippen LogP contribution < -0.4 is 0 Å². The number of amides is 1. The van der Waals surface area contributed by atoms with Gasteiger partial charge in [0.15, 0.2) is 5.65 Å². The molecule has 0 bridgehead atoms. The van der Waals surface area contributed by atoms with Gasteiger partial charge in [0.05, 0.1) is 22.8 Å². The van der Waals surface area contributed by atoms with E-state index in [1.165, 1.54) is 18.4 Å². The molecule has 1 aromatic carbocycles. The van der Waals surface area contributed by atoms with E-state index in [4.69, 9.17) is 4.98 Å². The van der Waals surface area contributed by atoms with Crippen LogP contribution in [-0.4, -0.2) is 57.2 Å². The Kier molecular flexibility index (Phi) is 6.37. The van der Waals surface area contributed by atoms with E-state index in [0.717, 1.165) is 54.9 Å². The first-order valence-electron chi connectivity index (χ1n) is 11.4. The van der Waals surface area contributed by atoms with Crippen molar-refractivity contribution >= 4 is 16.9 Å². The SMILES string of the molecule is CCCCN(C)Cc1cccc(-c2cc(C(=O)N3CCC3)c3cnn(C(C)C)c3n2)c1. The largest absolute Gasteiger partial charge is 0.338 e. The molecule has 31 heavy (non-hydrogen) atoms. The highest BCUT2D eigenvalue weighted by Crippen LogP contribution is 2.28. The fourth-order valence-corrected chi connectivity index (χ4v) is 4.06. The van der Waals surface area contributed by atoms with Crippen molar-refractivity contribution in [2.75, 3.05) is 26.7 Å². The van der Waals surface area contributed by atoms with Gasteiger partial charge in [-0.05, 0) is 58.0 Å². The zero-order valence-corrected chi connectivity index (χ0v) is 19.1. The topological polar surface area (TPSA) is 54.3 Å². The van der Waals surface area contributed by atoms with E-state index in [-0.39, 0.29) is 11.9 Å². The Labute approximate surface area is 184 Å². The summed E-state index contributed by atoms with van der Waals surface area (Å²) in [4.78, 5) is 22.4. The van der Waals surface area contributed by atoms with Crippen LogP contribution in [0.1, 0.15) is 62.0 Å². The molecule has 0 N–H and O–H groups in total. The Balaban J connectivity index is 1.74. The van der Waals surface area contributed by atoms with Crippen LogP contribution in [0.5, 0.6) is 0 Å². The predicted molar refractivity (Wildman–Crippen MR) is 125 cm³/mol. The van der Waals surface area contributed by atoms with Gasteiger partial charge in [0, 0.05) is 31.2 Å². The maximum absolute atomic E-state index is 13.2. The van der Waals surface area contributed by atoms with E-state index in [2.05, 4.69) is 62.1 Å².